The average molecular weight is 1090 g/mol. The molecule has 24 nitrogen and oxygen atoms in total. The fourth-order valence-electron chi connectivity index (χ4n) is 12.6. The van der Waals surface area contributed by atoms with Gasteiger partial charge in [-0.2, -0.15) is 0 Å². The first-order chi connectivity index (χ1) is 36.9. The Labute approximate surface area is 443 Å². The van der Waals surface area contributed by atoms with Crippen LogP contribution >= 0.6 is 0 Å². The number of methoxy groups -OCH3 is 2. The number of hydrogen-bond donors (Lipinski definition) is 12. The van der Waals surface area contributed by atoms with Crippen LogP contribution in [0.2, 0.25) is 0 Å². The zero-order valence-corrected chi connectivity index (χ0v) is 42.4. The van der Waals surface area contributed by atoms with Crippen LogP contribution in [0, 0.1) is 0 Å². The topological polar surface area (TPSA) is 396 Å². The number of ketones is 4. The van der Waals surface area contributed by atoms with Crippen LogP contribution in [0.4, 0.5) is 0 Å². The van der Waals surface area contributed by atoms with E-state index in [2.05, 4.69) is 0 Å². The number of nitrogens with two attached hydrogens (primary N) is 2. The first-order valence-corrected chi connectivity index (χ1v) is 25.2. The van der Waals surface area contributed by atoms with Crippen LogP contribution in [-0.4, -0.2) is 173 Å². The van der Waals surface area contributed by atoms with Crippen LogP contribution in [0.3, 0.4) is 0 Å². The minimum atomic E-state index is -3.09. The van der Waals surface area contributed by atoms with Crippen molar-refractivity contribution in [2.45, 2.75) is 136 Å². The Balaban J connectivity index is 1.01. The number of phenolic OH excluding ortho intramolecular Hbond substituents is 4. The number of phenols is 4. The third kappa shape index (κ3) is 7.65. The summed E-state index contributed by atoms with van der Waals surface area (Å²) in [7, 11) is 2.54. The van der Waals surface area contributed by atoms with Crippen LogP contribution < -0.4 is 20.9 Å². The van der Waals surface area contributed by atoms with Crippen molar-refractivity contribution in [3.8, 4) is 34.5 Å². The second-order valence-electron chi connectivity index (χ2n) is 21.2. The largest absolute Gasteiger partial charge is 0.507 e. The zero-order valence-electron chi connectivity index (χ0n) is 42.4. The van der Waals surface area contributed by atoms with Crippen LogP contribution in [0.25, 0.3) is 0 Å². The second kappa shape index (κ2) is 18.7. The lowest BCUT2D eigenvalue weighted by atomic mass is 9.69. The van der Waals surface area contributed by atoms with Gasteiger partial charge in [-0.3, -0.25) is 19.2 Å². The van der Waals surface area contributed by atoms with Gasteiger partial charge in [-0.1, -0.05) is 24.3 Å². The number of rotatable bonds is 9. The van der Waals surface area contributed by atoms with Gasteiger partial charge in [0.25, 0.3) is 0 Å². The highest BCUT2D eigenvalue weighted by Gasteiger charge is 2.70. The Morgan fingerprint density at radius 1 is 0.603 bits per heavy atom. The van der Waals surface area contributed by atoms with Crippen LogP contribution in [0.5, 0.6) is 34.5 Å². The van der Waals surface area contributed by atoms with Gasteiger partial charge in [0.2, 0.25) is 23.1 Å². The molecule has 3 heterocycles. The number of aliphatic hydroxyl groups is 6. The number of benzene rings is 4. The maximum absolute atomic E-state index is 14.4. The molecule has 416 valence electrons. The first-order valence-electron chi connectivity index (χ1n) is 25.2. The van der Waals surface area contributed by atoms with Crippen molar-refractivity contribution in [2.75, 3.05) is 27.4 Å². The molecule has 0 spiro atoms. The van der Waals surface area contributed by atoms with Gasteiger partial charge >= 0.3 is 0 Å². The second-order valence-corrected chi connectivity index (χ2v) is 21.2. The fraction of sp³-hybridized carbons (Fsp3) is 0.481. The summed E-state index contributed by atoms with van der Waals surface area (Å²) in [5.41, 5.74) is 2.17. The minimum absolute atomic E-state index is 0.0101. The summed E-state index contributed by atoms with van der Waals surface area (Å²) in [6, 6.07) is 6.50. The highest BCUT2D eigenvalue weighted by molar-refractivity contribution is 6.32. The predicted octanol–water partition coefficient (Wildman–Crippen LogP) is 0.317. The number of ether oxygens (including phenoxy) is 8. The monoisotopic (exact) mass is 1090 g/mol. The smallest absolute Gasteiger partial charge is 0.224 e. The predicted molar refractivity (Wildman–Crippen MR) is 261 cm³/mol. The Hall–Kier alpha value is -6.20. The van der Waals surface area contributed by atoms with Gasteiger partial charge in [-0.15, -0.1) is 0 Å². The van der Waals surface area contributed by atoms with Gasteiger partial charge in [-0.05, 0) is 26.0 Å². The van der Waals surface area contributed by atoms with Gasteiger partial charge in [-0.25, -0.2) is 0 Å². The first kappa shape index (κ1) is 53.8. The van der Waals surface area contributed by atoms with E-state index in [1.54, 1.807) is 0 Å². The molecule has 24 heteroatoms. The number of aromatic hydroxyl groups is 4. The molecule has 0 amide bonds. The highest BCUT2D eigenvalue weighted by atomic mass is 16.8. The molecular formula is C54H58N2O22. The van der Waals surface area contributed by atoms with E-state index in [0.29, 0.717) is 0 Å². The van der Waals surface area contributed by atoms with Crippen molar-refractivity contribution in [3.63, 3.8) is 0 Å². The number of fused-ring (bicyclic) bond motifs is 6. The van der Waals surface area contributed by atoms with Crippen LogP contribution in [0.1, 0.15) is 138 Å². The standard InChI is InChI=1S/C54H58N2O22/c1-19-41(58)25(55)11-31(74-19)76-29-15-51(68,13-23-35(29)49(66)39-37(45(23)62)43(60)21-7-5-9-27(71-3)33(21)47(39)64)53(70)18-73-54(17-57,78-53)52(69)14-24-36(30(16-52)77-32-12-26(56)42(59)20(2)75-32)50(67)40-38(46(24)63)44(61)22-8-6-10-28(72-4)34(22)48(40)65/h5-10,19-20,25-26,29-32,41-42,57-59,62-63,66-70H,11-18,55-56H2,1-4H3/t19-,20-,25-,26-,29-,30-,31-,32-,41-,42-,51-,52-,53-,54-/m0/s1. The Bertz CT molecular complexity index is 3220. The van der Waals surface area contributed by atoms with Crippen molar-refractivity contribution < 1.29 is 108 Å². The van der Waals surface area contributed by atoms with Gasteiger partial charge in [0.15, 0.2) is 24.1 Å². The van der Waals surface area contributed by atoms with Crippen molar-refractivity contribution in [3.05, 3.63) is 103 Å². The molecule has 0 saturated carbocycles. The Morgan fingerprint density at radius 2 is 1.01 bits per heavy atom. The lowest BCUT2D eigenvalue weighted by Gasteiger charge is -2.50. The number of aliphatic hydroxyl groups excluding tert-OH is 3. The lowest BCUT2D eigenvalue weighted by Crippen LogP contribution is -2.65. The molecule has 3 fully saturated rings. The molecule has 0 unspecified atom stereocenters. The van der Waals surface area contributed by atoms with Crippen molar-refractivity contribution in [2.24, 2.45) is 11.5 Å². The molecule has 4 aliphatic carbocycles. The summed E-state index contributed by atoms with van der Waals surface area (Å²) in [6.07, 6.45) is -13.9. The van der Waals surface area contributed by atoms with E-state index >= 15 is 0 Å². The Kier molecular flexibility index (Phi) is 12.9. The molecule has 3 aliphatic heterocycles. The van der Waals surface area contributed by atoms with E-state index in [4.69, 9.17) is 49.4 Å². The molecule has 7 aliphatic rings. The van der Waals surface area contributed by atoms with E-state index < -0.39 is 202 Å². The zero-order chi connectivity index (χ0) is 56.0. The summed E-state index contributed by atoms with van der Waals surface area (Å²) < 4.78 is 47.9. The SMILES string of the molecule is COc1cccc2c1C(=O)c1c(O)c3c(c(O)c1C2=O)C[C@@](O)([C@@]1(CO)OC[C@@](O)([C@]2(O)Cc4c(O)c5c(c(O)c4[C@@H](O[C@H]4C[C@H](N)[C@@H](O)[C@H](C)O4)C2)C(=O)c2c(OC)cccc2C5=O)O1)C[C@@H]3O[C@H]1C[C@H](N)[C@@H](O)[C@H](C)O1. The maximum atomic E-state index is 14.4. The normalized spacial score (nSPS) is 35.0. The van der Waals surface area contributed by atoms with Crippen LogP contribution in [0.15, 0.2) is 36.4 Å². The molecule has 0 aromatic heterocycles. The quantitative estimate of drug-likeness (QED) is 0.0867. The van der Waals surface area contributed by atoms with Gasteiger partial charge < -0.3 is 100 Å². The average Bonchev–Trinajstić information content (AvgIpc) is 3.84. The maximum Gasteiger partial charge on any atom is 0.224 e. The van der Waals surface area contributed by atoms with Crippen LogP contribution in [-0.2, 0) is 41.3 Å². The summed E-state index contributed by atoms with van der Waals surface area (Å²) in [5.74, 6) is -13.1. The van der Waals surface area contributed by atoms with E-state index in [-0.39, 0.29) is 57.7 Å². The summed E-state index contributed by atoms with van der Waals surface area (Å²) in [5, 5.41) is 121. The van der Waals surface area contributed by atoms with Gasteiger partial charge in [0, 0.05) is 84.0 Å². The summed E-state index contributed by atoms with van der Waals surface area (Å²) in [6.45, 7) is 0.573. The van der Waals surface area contributed by atoms with E-state index in [1.807, 2.05) is 0 Å². The third-order valence-corrected chi connectivity index (χ3v) is 16.8. The molecule has 78 heavy (non-hydrogen) atoms. The van der Waals surface area contributed by atoms with Crippen molar-refractivity contribution in [1.29, 1.82) is 0 Å². The summed E-state index contributed by atoms with van der Waals surface area (Å²) >= 11 is 0. The molecule has 4 aromatic carbocycles. The molecular weight excluding hydrogens is 1030 g/mol. The van der Waals surface area contributed by atoms with Gasteiger partial charge in [0.05, 0.1) is 84.2 Å². The molecule has 0 bridgehead atoms. The molecule has 3 saturated heterocycles. The molecule has 4 aromatic rings. The van der Waals surface area contributed by atoms with Crippen molar-refractivity contribution >= 4 is 23.1 Å². The Morgan fingerprint density at radius 3 is 1.42 bits per heavy atom. The van der Waals surface area contributed by atoms with E-state index in [0.717, 1.165) is 0 Å². The molecule has 14 atom stereocenters. The third-order valence-electron chi connectivity index (χ3n) is 16.8. The van der Waals surface area contributed by atoms with E-state index in [9.17, 15) is 70.2 Å². The van der Waals surface area contributed by atoms with Crippen molar-refractivity contribution in [1.82, 2.24) is 0 Å². The van der Waals surface area contributed by atoms with E-state index in [1.165, 1.54) is 64.5 Å². The number of carbonyl (C=O) groups excluding carboxylic acids is 4. The molecule has 11 rings (SSSR count). The number of carbonyl (C=O) groups is 4. The van der Waals surface area contributed by atoms with Gasteiger partial charge in [0.1, 0.15) is 58.9 Å². The highest BCUT2D eigenvalue weighted by Crippen LogP contribution is 2.60. The molecule has 14 N–H and O–H groups in total. The number of hydrogen-bond acceptors (Lipinski definition) is 24. The fourth-order valence-corrected chi connectivity index (χ4v) is 12.6. The minimum Gasteiger partial charge on any atom is -0.507 e. The molecule has 0 radical (unpaired) electrons. The summed E-state index contributed by atoms with van der Waals surface area (Å²) in [4.78, 5) is 57.4. The lowest BCUT2D eigenvalue weighted by molar-refractivity contribution is -0.366.